The molecule has 37 heavy (non-hydrogen) atoms. The van der Waals surface area contributed by atoms with E-state index in [4.69, 9.17) is 9.47 Å². The van der Waals surface area contributed by atoms with Gasteiger partial charge in [0.2, 0.25) is 0 Å². The highest BCUT2D eigenvalue weighted by molar-refractivity contribution is 5.42. The van der Waals surface area contributed by atoms with Crippen molar-refractivity contribution in [2.24, 2.45) is 17.3 Å². The van der Waals surface area contributed by atoms with E-state index in [9.17, 15) is 5.11 Å². The molecule has 2 saturated carbocycles. The molecule has 3 aromatic rings. The maximum atomic E-state index is 12.0. The zero-order valence-corrected chi connectivity index (χ0v) is 22.2. The Hall–Kier alpha value is -2.62. The first kappa shape index (κ1) is 24.7. The van der Waals surface area contributed by atoms with Gasteiger partial charge in [-0.1, -0.05) is 73.7 Å². The molecule has 0 bridgehead atoms. The minimum atomic E-state index is -0.715. The Balaban J connectivity index is 1.21. The van der Waals surface area contributed by atoms with Crippen LogP contribution in [0.2, 0.25) is 0 Å². The van der Waals surface area contributed by atoms with Crippen molar-refractivity contribution in [1.29, 1.82) is 0 Å². The summed E-state index contributed by atoms with van der Waals surface area (Å²) in [5, 5.41) is 12.0. The molecule has 0 radical (unpaired) electrons. The summed E-state index contributed by atoms with van der Waals surface area (Å²) >= 11 is 0. The molecule has 3 nitrogen and oxygen atoms in total. The molecule has 2 fully saturated rings. The fourth-order valence-electron chi connectivity index (χ4n) is 8.20. The first-order valence-electron chi connectivity index (χ1n) is 14.1. The summed E-state index contributed by atoms with van der Waals surface area (Å²) in [6, 6.07) is 27.4. The molecule has 0 aromatic heterocycles. The Morgan fingerprint density at radius 1 is 0.919 bits per heavy atom. The van der Waals surface area contributed by atoms with E-state index in [2.05, 4.69) is 74.5 Å². The average Bonchev–Trinajstić information content (AvgIpc) is 3.29. The summed E-state index contributed by atoms with van der Waals surface area (Å²) in [5.74, 6) is 2.20. The third-order valence-electron chi connectivity index (χ3n) is 9.74. The van der Waals surface area contributed by atoms with Gasteiger partial charge in [-0.3, -0.25) is 0 Å². The second kappa shape index (κ2) is 9.93. The van der Waals surface area contributed by atoms with Gasteiger partial charge in [0.05, 0.1) is 18.3 Å². The van der Waals surface area contributed by atoms with Gasteiger partial charge in [0.25, 0.3) is 0 Å². The maximum Gasteiger partial charge on any atom is 0.120 e. The quantitative estimate of drug-likeness (QED) is 0.369. The van der Waals surface area contributed by atoms with E-state index in [-0.39, 0.29) is 17.4 Å². The van der Waals surface area contributed by atoms with Crippen LogP contribution in [0.1, 0.15) is 74.1 Å². The van der Waals surface area contributed by atoms with Gasteiger partial charge in [-0.15, -0.1) is 0 Å². The number of benzene rings is 3. The van der Waals surface area contributed by atoms with Crippen LogP contribution < -0.4 is 4.74 Å². The number of fused-ring (bicyclic) bond motifs is 5. The van der Waals surface area contributed by atoms with Gasteiger partial charge in [0.15, 0.2) is 0 Å². The Kier molecular flexibility index (Phi) is 6.63. The highest BCUT2D eigenvalue weighted by atomic mass is 16.5. The van der Waals surface area contributed by atoms with Gasteiger partial charge < -0.3 is 14.6 Å². The maximum absolute atomic E-state index is 12.0. The van der Waals surface area contributed by atoms with Crippen LogP contribution in [0.3, 0.4) is 0 Å². The van der Waals surface area contributed by atoms with Crippen LogP contribution in [-0.4, -0.2) is 16.8 Å². The molecular formula is C34H40O3. The van der Waals surface area contributed by atoms with E-state index < -0.39 is 5.60 Å². The average molecular weight is 497 g/mol. The molecule has 3 heteroatoms. The summed E-state index contributed by atoms with van der Waals surface area (Å²) in [6.07, 6.45) is 6.62. The van der Waals surface area contributed by atoms with E-state index in [1.54, 1.807) is 0 Å². The third-order valence-corrected chi connectivity index (χ3v) is 9.74. The topological polar surface area (TPSA) is 38.7 Å². The van der Waals surface area contributed by atoms with Crippen molar-refractivity contribution >= 4 is 0 Å². The second-order valence-corrected chi connectivity index (χ2v) is 12.0. The number of aryl methyl sites for hydroxylation is 1. The highest BCUT2D eigenvalue weighted by Gasteiger charge is 2.61. The zero-order chi connectivity index (χ0) is 25.5. The lowest BCUT2D eigenvalue weighted by atomic mass is 9.50. The highest BCUT2D eigenvalue weighted by Crippen LogP contribution is 2.65. The normalized spacial score (nSPS) is 32.3. The lowest BCUT2D eigenvalue weighted by molar-refractivity contribution is -0.111. The molecule has 3 aliphatic rings. The predicted molar refractivity (Wildman–Crippen MR) is 147 cm³/mol. The fourth-order valence-corrected chi connectivity index (χ4v) is 8.20. The minimum absolute atomic E-state index is 0.169. The Morgan fingerprint density at radius 2 is 1.62 bits per heavy atom. The standard InChI is InChI=1S/C34H40O3/c1-3-34-20-28(37-22-25-12-8-5-9-13-25)19-31(34)30-16-14-26-18-27(36-21-24-10-6-4-7-11-24)15-17-29(26)32(30)33(2,35)23-34/h4-13,15,17-18,28,30-32,35H,3,14,16,19-23H2,1-2H3/t28-,30+,31+,32-,33+,34+/m1/s1. The van der Waals surface area contributed by atoms with Crippen LogP contribution >= 0.6 is 0 Å². The van der Waals surface area contributed by atoms with Gasteiger partial charge >= 0.3 is 0 Å². The Bertz CT molecular complexity index is 1200. The van der Waals surface area contributed by atoms with E-state index >= 15 is 0 Å². The molecule has 194 valence electrons. The smallest absolute Gasteiger partial charge is 0.120 e. The summed E-state index contributed by atoms with van der Waals surface area (Å²) < 4.78 is 12.7. The number of rotatable bonds is 7. The van der Waals surface area contributed by atoms with Crippen LogP contribution in [-0.2, 0) is 24.4 Å². The van der Waals surface area contributed by atoms with E-state index in [1.165, 1.54) is 22.3 Å². The van der Waals surface area contributed by atoms with Crippen molar-refractivity contribution in [3.63, 3.8) is 0 Å². The van der Waals surface area contributed by atoms with Crippen LogP contribution in [0.5, 0.6) is 5.75 Å². The Labute approximate surface area is 221 Å². The molecule has 0 saturated heterocycles. The van der Waals surface area contributed by atoms with Gasteiger partial charge in [0.1, 0.15) is 12.4 Å². The van der Waals surface area contributed by atoms with E-state index in [1.807, 2.05) is 18.2 Å². The molecule has 3 aliphatic carbocycles. The molecule has 6 rings (SSSR count). The van der Waals surface area contributed by atoms with Crippen molar-refractivity contribution < 1.29 is 14.6 Å². The molecular weight excluding hydrogens is 456 g/mol. The van der Waals surface area contributed by atoms with Crippen molar-refractivity contribution in [3.8, 4) is 5.75 Å². The first-order valence-corrected chi connectivity index (χ1v) is 14.1. The molecule has 0 aliphatic heterocycles. The molecule has 3 aromatic carbocycles. The predicted octanol–water partition coefficient (Wildman–Crippen LogP) is 7.46. The third kappa shape index (κ3) is 4.73. The molecule has 1 N–H and O–H groups in total. The Morgan fingerprint density at radius 3 is 2.32 bits per heavy atom. The van der Waals surface area contributed by atoms with E-state index in [0.717, 1.165) is 44.3 Å². The van der Waals surface area contributed by atoms with Crippen LogP contribution in [0.25, 0.3) is 0 Å². The van der Waals surface area contributed by atoms with Crippen molar-refractivity contribution in [1.82, 2.24) is 0 Å². The van der Waals surface area contributed by atoms with Crippen molar-refractivity contribution in [2.45, 2.75) is 83.2 Å². The van der Waals surface area contributed by atoms with Crippen LogP contribution in [0, 0.1) is 17.3 Å². The van der Waals surface area contributed by atoms with Crippen molar-refractivity contribution in [3.05, 3.63) is 101 Å². The zero-order valence-electron chi connectivity index (χ0n) is 22.2. The molecule has 0 unspecified atom stereocenters. The monoisotopic (exact) mass is 496 g/mol. The van der Waals surface area contributed by atoms with Gasteiger partial charge in [-0.25, -0.2) is 0 Å². The van der Waals surface area contributed by atoms with E-state index in [0.29, 0.717) is 25.0 Å². The second-order valence-electron chi connectivity index (χ2n) is 12.0. The summed E-state index contributed by atoms with van der Waals surface area (Å²) in [7, 11) is 0. The van der Waals surface area contributed by atoms with Gasteiger partial charge in [-0.05, 0) is 97.1 Å². The number of hydrogen-bond donors (Lipinski definition) is 1. The van der Waals surface area contributed by atoms with Gasteiger partial charge in [0, 0.05) is 5.92 Å². The largest absolute Gasteiger partial charge is 0.489 e. The summed E-state index contributed by atoms with van der Waals surface area (Å²) in [4.78, 5) is 0. The van der Waals surface area contributed by atoms with Crippen LogP contribution in [0.15, 0.2) is 78.9 Å². The SMILES string of the molecule is CC[C@@]12C[C@H](OCc3ccccc3)C[C@H]1[C@@H]1CCc3cc(OCc4ccccc4)ccc3[C@H]1[C@@](C)(O)C2. The fraction of sp³-hybridized carbons (Fsp3) is 0.471. The number of ether oxygens (including phenoxy) is 2. The van der Waals surface area contributed by atoms with Gasteiger partial charge in [-0.2, -0.15) is 0 Å². The molecule has 6 atom stereocenters. The first-order chi connectivity index (χ1) is 18.0. The molecule has 0 heterocycles. The summed E-state index contributed by atoms with van der Waals surface area (Å²) in [6.45, 7) is 5.69. The number of hydrogen-bond acceptors (Lipinski definition) is 3. The lowest BCUT2D eigenvalue weighted by Gasteiger charge is -2.56. The number of aliphatic hydroxyl groups is 1. The van der Waals surface area contributed by atoms with Crippen LogP contribution in [0.4, 0.5) is 0 Å². The molecule has 0 amide bonds. The minimum Gasteiger partial charge on any atom is -0.489 e. The molecule has 0 spiro atoms. The van der Waals surface area contributed by atoms with Crippen molar-refractivity contribution in [2.75, 3.05) is 0 Å². The summed E-state index contributed by atoms with van der Waals surface area (Å²) in [5.41, 5.74) is 4.56. The lowest BCUT2D eigenvalue weighted by Crippen LogP contribution is -2.53.